The molecule has 0 saturated carbocycles. The number of aromatic nitrogens is 1. The average molecular weight is 227 g/mol. The highest BCUT2D eigenvalue weighted by Crippen LogP contribution is 2.01. The number of nitrogens with two attached hydrogens (primary N) is 1. The first-order chi connectivity index (χ1) is 7.18. The van der Waals surface area contributed by atoms with Gasteiger partial charge in [0.05, 0.1) is 17.7 Å². The molecule has 1 aromatic rings. The van der Waals surface area contributed by atoms with Crippen LogP contribution in [0.3, 0.4) is 0 Å². The minimum Gasteiger partial charge on any atom is -0.350 e. The predicted molar refractivity (Wildman–Crippen MR) is 61.5 cm³/mol. The topological polar surface area (TPSA) is 68.0 Å². The van der Waals surface area contributed by atoms with E-state index in [-0.39, 0.29) is 11.9 Å². The van der Waals surface area contributed by atoms with Crippen molar-refractivity contribution >= 4 is 17.2 Å². The van der Waals surface area contributed by atoms with Gasteiger partial charge < -0.3 is 11.1 Å². The molecular weight excluding hydrogens is 210 g/mol. The van der Waals surface area contributed by atoms with Gasteiger partial charge in [0.1, 0.15) is 0 Å². The number of amides is 1. The summed E-state index contributed by atoms with van der Waals surface area (Å²) in [4.78, 5) is 15.4. The smallest absolute Gasteiger partial charge is 0.220 e. The fourth-order valence-electron chi connectivity index (χ4n) is 1.19. The highest BCUT2D eigenvalue weighted by atomic mass is 32.1. The molecule has 0 fully saturated rings. The monoisotopic (exact) mass is 227 g/mol. The fourth-order valence-corrected chi connectivity index (χ4v) is 1.75. The van der Waals surface area contributed by atoms with Crippen LogP contribution in [0.15, 0.2) is 10.9 Å². The lowest BCUT2D eigenvalue weighted by molar-refractivity contribution is -0.121. The summed E-state index contributed by atoms with van der Waals surface area (Å²) in [6.07, 6.45) is 2.29. The molecule has 0 aliphatic carbocycles. The number of hydrogen-bond acceptors (Lipinski definition) is 4. The minimum atomic E-state index is 0.0728. The minimum absolute atomic E-state index is 0.0728. The number of carbonyl (C=O) groups excluding carboxylic acids is 1. The van der Waals surface area contributed by atoms with Crippen molar-refractivity contribution in [3.8, 4) is 0 Å². The van der Waals surface area contributed by atoms with E-state index in [4.69, 9.17) is 5.73 Å². The molecule has 1 rings (SSSR count). The molecule has 1 amide bonds. The Kier molecular flexibility index (Phi) is 5.28. The molecule has 1 atom stereocenters. The number of carbonyl (C=O) groups is 1. The van der Waals surface area contributed by atoms with Crippen LogP contribution in [0.2, 0.25) is 0 Å². The summed E-state index contributed by atoms with van der Waals surface area (Å²) < 4.78 is 0. The Bertz CT molecular complexity index is 285. The number of hydrogen-bond donors (Lipinski definition) is 2. The zero-order valence-electron chi connectivity index (χ0n) is 8.90. The van der Waals surface area contributed by atoms with Gasteiger partial charge in [-0.15, -0.1) is 11.3 Å². The van der Waals surface area contributed by atoms with E-state index in [1.807, 2.05) is 12.3 Å². The molecule has 0 radical (unpaired) electrons. The van der Waals surface area contributed by atoms with E-state index in [1.54, 1.807) is 5.51 Å². The third kappa shape index (κ3) is 5.49. The lowest BCUT2D eigenvalue weighted by Gasteiger charge is -2.05. The summed E-state index contributed by atoms with van der Waals surface area (Å²) in [7, 11) is 0. The largest absolute Gasteiger partial charge is 0.350 e. The van der Waals surface area contributed by atoms with Gasteiger partial charge in [0, 0.05) is 17.8 Å². The second-order valence-electron chi connectivity index (χ2n) is 3.63. The van der Waals surface area contributed by atoms with Gasteiger partial charge in [-0.1, -0.05) is 0 Å². The van der Waals surface area contributed by atoms with Crippen molar-refractivity contribution < 1.29 is 4.79 Å². The van der Waals surface area contributed by atoms with Crippen molar-refractivity contribution in [3.63, 3.8) is 0 Å². The fraction of sp³-hybridized carbons (Fsp3) is 0.600. The molecule has 3 N–H and O–H groups in total. The molecule has 1 heterocycles. The number of rotatable bonds is 6. The third-order valence-corrected chi connectivity index (χ3v) is 2.65. The van der Waals surface area contributed by atoms with E-state index in [9.17, 15) is 4.79 Å². The van der Waals surface area contributed by atoms with E-state index in [0.29, 0.717) is 13.0 Å². The van der Waals surface area contributed by atoms with Gasteiger partial charge in [-0.05, 0) is 19.8 Å². The molecular formula is C10H17N3OS. The summed E-state index contributed by atoms with van der Waals surface area (Å²) >= 11 is 1.53. The van der Waals surface area contributed by atoms with Crippen molar-refractivity contribution in [1.82, 2.24) is 10.3 Å². The van der Waals surface area contributed by atoms with Gasteiger partial charge in [-0.25, -0.2) is 4.98 Å². The average Bonchev–Trinajstić information content (AvgIpc) is 2.66. The predicted octanol–water partition coefficient (Wildman–Crippen LogP) is 1.28. The third-order valence-electron chi connectivity index (χ3n) is 2.01. The van der Waals surface area contributed by atoms with Crippen molar-refractivity contribution in [3.05, 3.63) is 16.6 Å². The first-order valence-electron chi connectivity index (χ1n) is 5.08. The molecule has 0 aliphatic rings. The highest BCUT2D eigenvalue weighted by Gasteiger charge is 2.03. The van der Waals surface area contributed by atoms with Gasteiger partial charge in [0.25, 0.3) is 0 Å². The number of thiazole rings is 1. The maximum atomic E-state index is 11.3. The Labute approximate surface area is 93.9 Å². The Morgan fingerprint density at radius 3 is 3.13 bits per heavy atom. The van der Waals surface area contributed by atoms with Crippen LogP contribution in [-0.2, 0) is 11.3 Å². The summed E-state index contributed by atoms with van der Waals surface area (Å²) in [6.45, 7) is 2.48. The van der Waals surface area contributed by atoms with Crippen LogP contribution in [-0.4, -0.2) is 16.9 Å². The molecule has 5 heteroatoms. The van der Waals surface area contributed by atoms with Crippen LogP contribution in [0.5, 0.6) is 0 Å². The number of nitrogens with zero attached hydrogens (tertiary/aromatic N) is 1. The molecule has 0 aromatic carbocycles. The standard InChI is InChI=1S/C10H17N3OS/c1-8(11)3-2-4-10(14)12-5-9-6-15-7-13-9/h6-8H,2-5,11H2,1H3,(H,12,14). The van der Waals surface area contributed by atoms with Crippen molar-refractivity contribution in [2.24, 2.45) is 5.73 Å². The quantitative estimate of drug-likeness (QED) is 0.769. The first kappa shape index (κ1) is 12.1. The lowest BCUT2D eigenvalue weighted by atomic mass is 10.1. The van der Waals surface area contributed by atoms with Gasteiger partial charge in [0.15, 0.2) is 0 Å². The second-order valence-corrected chi connectivity index (χ2v) is 4.34. The molecule has 15 heavy (non-hydrogen) atoms. The van der Waals surface area contributed by atoms with Gasteiger partial charge in [-0.2, -0.15) is 0 Å². The van der Waals surface area contributed by atoms with E-state index in [1.165, 1.54) is 11.3 Å². The summed E-state index contributed by atoms with van der Waals surface area (Å²) in [5.41, 5.74) is 8.27. The summed E-state index contributed by atoms with van der Waals surface area (Å²) in [6, 6.07) is 0.177. The van der Waals surface area contributed by atoms with Crippen molar-refractivity contribution in [2.75, 3.05) is 0 Å². The van der Waals surface area contributed by atoms with Gasteiger partial charge >= 0.3 is 0 Å². The second kappa shape index (κ2) is 6.53. The molecule has 0 bridgehead atoms. The highest BCUT2D eigenvalue weighted by molar-refractivity contribution is 7.07. The Morgan fingerprint density at radius 2 is 2.53 bits per heavy atom. The Morgan fingerprint density at radius 1 is 1.73 bits per heavy atom. The van der Waals surface area contributed by atoms with Gasteiger partial charge in [-0.3, -0.25) is 4.79 Å². The van der Waals surface area contributed by atoms with Crippen LogP contribution in [0, 0.1) is 0 Å². The zero-order chi connectivity index (χ0) is 11.1. The lowest BCUT2D eigenvalue weighted by Crippen LogP contribution is -2.23. The van der Waals surface area contributed by atoms with Crippen molar-refractivity contribution in [2.45, 2.75) is 38.8 Å². The summed E-state index contributed by atoms with van der Waals surface area (Å²) in [5, 5.41) is 4.76. The summed E-state index contributed by atoms with van der Waals surface area (Å²) in [5.74, 6) is 0.0728. The Balaban J connectivity index is 2.09. The molecule has 84 valence electrons. The Hall–Kier alpha value is -0.940. The molecule has 0 spiro atoms. The van der Waals surface area contributed by atoms with Crippen LogP contribution >= 0.6 is 11.3 Å². The van der Waals surface area contributed by atoms with E-state index in [2.05, 4.69) is 10.3 Å². The SMILES string of the molecule is CC(N)CCCC(=O)NCc1cscn1. The molecule has 4 nitrogen and oxygen atoms in total. The molecule has 0 aliphatic heterocycles. The zero-order valence-corrected chi connectivity index (χ0v) is 9.72. The van der Waals surface area contributed by atoms with Crippen LogP contribution in [0.25, 0.3) is 0 Å². The van der Waals surface area contributed by atoms with Crippen LogP contribution in [0.1, 0.15) is 31.9 Å². The maximum Gasteiger partial charge on any atom is 0.220 e. The van der Waals surface area contributed by atoms with Gasteiger partial charge in [0.2, 0.25) is 5.91 Å². The van der Waals surface area contributed by atoms with E-state index in [0.717, 1.165) is 18.5 Å². The van der Waals surface area contributed by atoms with E-state index < -0.39 is 0 Å². The van der Waals surface area contributed by atoms with E-state index >= 15 is 0 Å². The first-order valence-corrected chi connectivity index (χ1v) is 6.02. The molecule has 1 aromatic heterocycles. The molecule has 0 saturated heterocycles. The maximum absolute atomic E-state index is 11.3. The van der Waals surface area contributed by atoms with Crippen LogP contribution in [0.4, 0.5) is 0 Å². The molecule has 1 unspecified atom stereocenters. The number of nitrogens with one attached hydrogen (secondary N) is 1. The normalized spacial score (nSPS) is 12.4. The van der Waals surface area contributed by atoms with Crippen molar-refractivity contribution in [1.29, 1.82) is 0 Å². The van der Waals surface area contributed by atoms with Crippen LogP contribution < -0.4 is 11.1 Å².